The molecule has 25 heavy (non-hydrogen) atoms. The highest BCUT2D eigenvalue weighted by molar-refractivity contribution is 5.79. The largest absolute Gasteiger partial charge is 0.483 e. The predicted molar refractivity (Wildman–Crippen MR) is 88.8 cm³/mol. The smallest absolute Gasteiger partial charge is 0.276 e. The fraction of sp³-hybridized carbons (Fsp3) is 0.278. The van der Waals surface area contributed by atoms with E-state index in [0.29, 0.717) is 11.7 Å². The topological polar surface area (TPSA) is 50.4 Å². The van der Waals surface area contributed by atoms with Crippen LogP contribution in [0.1, 0.15) is 30.9 Å². The van der Waals surface area contributed by atoms with Gasteiger partial charge in [0.1, 0.15) is 5.75 Å². The van der Waals surface area contributed by atoms with Crippen LogP contribution >= 0.6 is 0 Å². The minimum Gasteiger partial charge on any atom is -0.483 e. The van der Waals surface area contributed by atoms with Crippen LogP contribution in [0.4, 0.5) is 18.9 Å². The van der Waals surface area contributed by atoms with Crippen molar-refractivity contribution in [3.05, 3.63) is 58.9 Å². The first-order valence-electron chi connectivity index (χ1n) is 7.71. The van der Waals surface area contributed by atoms with Crippen LogP contribution in [0.15, 0.2) is 30.3 Å². The Hall–Kier alpha value is -2.70. The number of carbonyl (C=O) groups excluding carboxylic acids is 1. The van der Waals surface area contributed by atoms with Gasteiger partial charge in [0.25, 0.3) is 5.91 Å². The first-order valence-corrected chi connectivity index (χ1v) is 7.71. The molecule has 0 heterocycles. The first kappa shape index (κ1) is 18.6. The number of ether oxygens (including phenoxy) is 1. The minimum absolute atomic E-state index is 0.315. The van der Waals surface area contributed by atoms with E-state index in [1.54, 1.807) is 0 Å². The van der Waals surface area contributed by atoms with Crippen LogP contribution in [0.2, 0.25) is 0 Å². The Bertz CT molecular complexity index is 779. The van der Waals surface area contributed by atoms with E-state index in [4.69, 9.17) is 4.74 Å². The molecule has 1 amide bonds. The van der Waals surface area contributed by atoms with Crippen LogP contribution < -0.4 is 15.6 Å². The van der Waals surface area contributed by atoms with E-state index in [1.165, 1.54) is 0 Å². The molecule has 0 fully saturated rings. The van der Waals surface area contributed by atoms with Crippen molar-refractivity contribution >= 4 is 11.6 Å². The normalized spacial score (nSPS) is 10.7. The van der Waals surface area contributed by atoms with Gasteiger partial charge in [0.2, 0.25) is 0 Å². The van der Waals surface area contributed by atoms with Crippen LogP contribution in [0.3, 0.4) is 0 Å². The summed E-state index contributed by atoms with van der Waals surface area (Å²) in [6.45, 7) is 5.62. The van der Waals surface area contributed by atoms with Gasteiger partial charge in [-0.1, -0.05) is 26.0 Å². The summed E-state index contributed by atoms with van der Waals surface area (Å²) in [5, 5.41) is 0. The van der Waals surface area contributed by atoms with Gasteiger partial charge in [0.05, 0.1) is 5.69 Å². The molecule has 2 aromatic carbocycles. The monoisotopic (exact) mass is 352 g/mol. The molecule has 0 aromatic heterocycles. The van der Waals surface area contributed by atoms with E-state index in [-0.39, 0.29) is 12.3 Å². The van der Waals surface area contributed by atoms with Crippen LogP contribution in [-0.2, 0) is 4.79 Å². The summed E-state index contributed by atoms with van der Waals surface area (Å²) in [5.74, 6) is -4.05. The Morgan fingerprint density at radius 2 is 1.84 bits per heavy atom. The van der Waals surface area contributed by atoms with Crippen LogP contribution in [0.5, 0.6) is 5.75 Å². The van der Waals surface area contributed by atoms with Crippen molar-refractivity contribution in [1.82, 2.24) is 5.43 Å². The number of rotatable bonds is 6. The molecule has 0 atom stereocenters. The van der Waals surface area contributed by atoms with Gasteiger partial charge < -0.3 is 4.74 Å². The number of nitrogens with one attached hydrogen (secondary N) is 2. The molecule has 0 saturated heterocycles. The van der Waals surface area contributed by atoms with Crippen molar-refractivity contribution in [3.8, 4) is 5.75 Å². The van der Waals surface area contributed by atoms with Crippen molar-refractivity contribution in [3.63, 3.8) is 0 Å². The zero-order chi connectivity index (χ0) is 18.6. The first-order chi connectivity index (χ1) is 11.8. The zero-order valence-electron chi connectivity index (χ0n) is 14.1. The van der Waals surface area contributed by atoms with Crippen molar-refractivity contribution in [1.29, 1.82) is 0 Å². The Labute approximate surface area is 144 Å². The fourth-order valence-corrected chi connectivity index (χ4v) is 2.07. The number of amides is 1. The quantitative estimate of drug-likeness (QED) is 0.609. The Morgan fingerprint density at radius 3 is 2.52 bits per heavy atom. The van der Waals surface area contributed by atoms with Crippen molar-refractivity contribution in [2.75, 3.05) is 12.0 Å². The van der Waals surface area contributed by atoms with Crippen molar-refractivity contribution < 1.29 is 22.7 Å². The lowest BCUT2D eigenvalue weighted by atomic mass is 10.0. The highest BCUT2D eigenvalue weighted by Crippen LogP contribution is 2.24. The Balaban J connectivity index is 1.93. The molecule has 0 aliphatic rings. The van der Waals surface area contributed by atoms with Crippen molar-refractivity contribution in [2.45, 2.75) is 26.7 Å². The van der Waals surface area contributed by atoms with E-state index in [0.717, 1.165) is 23.3 Å². The molecule has 134 valence electrons. The maximum absolute atomic E-state index is 13.5. The lowest BCUT2D eigenvalue weighted by molar-refractivity contribution is -0.122. The van der Waals surface area contributed by atoms with E-state index in [9.17, 15) is 18.0 Å². The third-order valence-corrected chi connectivity index (χ3v) is 3.61. The number of hydrogen-bond donors (Lipinski definition) is 2. The average Bonchev–Trinajstić information content (AvgIpc) is 2.58. The van der Waals surface area contributed by atoms with Gasteiger partial charge in [-0.05, 0) is 42.2 Å². The average molecular weight is 352 g/mol. The lowest BCUT2D eigenvalue weighted by Gasteiger charge is -2.13. The molecule has 0 unspecified atom stereocenters. The second kappa shape index (κ2) is 7.92. The van der Waals surface area contributed by atoms with Crippen LogP contribution in [-0.4, -0.2) is 12.5 Å². The van der Waals surface area contributed by atoms with E-state index in [2.05, 4.69) is 10.9 Å². The molecular formula is C18H19F3N2O2. The maximum atomic E-state index is 13.5. The summed E-state index contributed by atoms with van der Waals surface area (Å²) >= 11 is 0. The Kier molecular flexibility index (Phi) is 5.90. The molecule has 0 saturated carbocycles. The molecule has 4 nitrogen and oxygen atoms in total. The third-order valence-electron chi connectivity index (χ3n) is 3.61. The highest BCUT2D eigenvalue weighted by atomic mass is 19.2. The van der Waals surface area contributed by atoms with Crippen LogP contribution in [0.25, 0.3) is 0 Å². The second-order valence-corrected chi connectivity index (χ2v) is 5.86. The molecule has 2 rings (SSSR count). The summed E-state index contributed by atoms with van der Waals surface area (Å²) in [6.07, 6.45) is 0. The van der Waals surface area contributed by atoms with Crippen molar-refractivity contribution in [2.24, 2.45) is 0 Å². The molecule has 0 radical (unpaired) electrons. The molecule has 7 heteroatoms. The molecular weight excluding hydrogens is 333 g/mol. The Morgan fingerprint density at radius 1 is 1.12 bits per heavy atom. The zero-order valence-corrected chi connectivity index (χ0v) is 14.1. The molecule has 0 bridgehead atoms. The summed E-state index contributed by atoms with van der Waals surface area (Å²) in [5.41, 5.74) is 5.93. The molecule has 0 aliphatic heterocycles. The number of carbonyl (C=O) groups is 1. The highest BCUT2D eigenvalue weighted by Gasteiger charge is 2.14. The number of hydrazine groups is 1. The SMILES string of the molecule is Cc1ccc(C(C)C)cc1OCC(=O)NNc1ccc(F)c(F)c1F. The standard InChI is InChI=1S/C18H19F3N2O2/c1-10(2)12-5-4-11(3)15(8-12)25-9-16(24)23-22-14-7-6-13(19)17(20)18(14)21/h4-8,10,22H,9H2,1-3H3,(H,23,24). The van der Waals surface area contributed by atoms with E-state index < -0.39 is 23.4 Å². The summed E-state index contributed by atoms with van der Waals surface area (Å²) in [4.78, 5) is 11.8. The molecule has 2 N–H and O–H groups in total. The van der Waals surface area contributed by atoms with Crippen LogP contribution in [0, 0.1) is 24.4 Å². The summed E-state index contributed by atoms with van der Waals surface area (Å²) in [7, 11) is 0. The maximum Gasteiger partial charge on any atom is 0.276 e. The number of aryl methyl sites for hydroxylation is 1. The van der Waals surface area contributed by atoms with Gasteiger partial charge in [0, 0.05) is 0 Å². The third kappa shape index (κ3) is 4.65. The number of anilines is 1. The second-order valence-electron chi connectivity index (χ2n) is 5.86. The van der Waals surface area contributed by atoms with Gasteiger partial charge in [-0.3, -0.25) is 15.6 Å². The number of halogens is 3. The van der Waals surface area contributed by atoms with E-state index in [1.807, 2.05) is 39.0 Å². The summed E-state index contributed by atoms with van der Waals surface area (Å²) < 4.78 is 44.9. The molecule has 0 spiro atoms. The molecule has 0 aliphatic carbocycles. The van der Waals surface area contributed by atoms with E-state index >= 15 is 0 Å². The van der Waals surface area contributed by atoms with Gasteiger partial charge in [0.15, 0.2) is 24.1 Å². The van der Waals surface area contributed by atoms with Gasteiger partial charge in [-0.15, -0.1) is 0 Å². The van der Waals surface area contributed by atoms with Gasteiger partial charge >= 0.3 is 0 Å². The molecule has 2 aromatic rings. The summed E-state index contributed by atoms with van der Waals surface area (Å²) in [6, 6.07) is 7.48. The lowest BCUT2D eigenvalue weighted by Crippen LogP contribution is -2.34. The number of benzene rings is 2. The van der Waals surface area contributed by atoms with Gasteiger partial charge in [-0.25, -0.2) is 13.2 Å². The van der Waals surface area contributed by atoms with Gasteiger partial charge in [-0.2, -0.15) is 0 Å². The minimum atomic E-state index is -1.61. The fourth-order valence-electron chi connectivity index (χ4n) is 2.07. The number of hydrogen-bond acceptors (Lipinski definition) is 3. The predicted octanol–water partition coefficient (Wildman–Crippen LogP) is 4.06.